The summed E-state index contributed by atoms with van der Waals surface area (Å²) in [5.41, 5.74) is 1.26. The number of rotatable bonds is 16. The van der Waals surface area contributed by atoms with Gasteiger partial charge < -0.3 is 90.4 Å². The third-order valence-corrected chi connectivity index (χ3v) is 12.1. The number of ether oxygens (including phenoxy) is 7. The van der Waals surface area contributed by atoms with Gasteiger partial charge in [0.1, 0.15) is 64.0 Å². The molecular weight excluding hydrogens is 941 g/mol. The zero-order chi connectivity index (χ0) is 54.3. The lowest BCUT2D eigenvalue weighted by atomic mass is 9.72. The van der Waals surface area contributed by atoms with Crippen molar-refractivity contribution >= 4 is 30.2 Å². The number of aliphatic hydroxyl groups is 4. The Morgan fingerprint density at radius 1 is 0.917 bits per heavy atom. The fraction of sp³-hybridized carbons (Fsp3) is 0.816. The van der Waals surface area contributed by atoms with E-state index in [4.69, 9.17) is 43.9 Å². The third kappa shape index (κ3) is 17.5. The maximum Gasteiger partial charge on any atom is 0.410 e. The molecule has 3 fully saturated rings. The van der Waals surface area contributed by atoms with Crippen molar-refractivity contribution in [2.45, 2.75) is 198 Å². The van der Waals surface area contributed by atoms with Gasteiger partial charge in [0.2, 0.25) is 0 Å². The van der Waals surface area contributed by atoms with Gasteiger partial charge >= 0.3 is 24.4 Å². The minimum Gasteiger partial charge on any atom is -0.491 e. The molecule has 2 unspecified atom stereocenters. The summed E-state index contributed by atoms with van der Waals surface area (Å²) in [6.07, 6.45) is -7.96. The maximum absolute atomic E-state index is 13.8. The van der Waals surface area contributed by atoms with E-state index in [2.05, 4.69) is 27.8 Å². The van der Waals surface area contributed by atoms with E-state index >= 15 is 0 Å². The van der Waals surface area contributed by atoms with Gasteiger partial charge in [0.25, 0.3) is 0 Å². The van der Waals surface area contributed by atoms with Crippen molar-refractivity contribution in [1.82, 2.24) is 31.1 Å². The molecule has 10 N–H and O–H groups in total. The van der Waals surface area contributed by atoms with Crippen molar-refractivity contribution in [1.29, 1.82) is 0 Å². The second-order valence-corrected chi connectivity index (χ2v) is 23.4. The van der Waals surface area contributed by atoms with Gasteiger partial charge in [-0.25, -0.2) is 19.2 Å². The normalized spacial score (nSPS) is 30.1. The SMILES string of the molecule is C=CNCCCNCC1=CC[C@@H](NC(=O)OC(C)(C)C)[C@@H](C2[C@@H](NC(=O)OC(C)(C)C)C[C@@H](N=C(N)C(O)C3CN(C(=O)OC(C)(C)C)C3)[C@H](O[C@H]3OC[C@](C)(O)[C@H](N(C)C(=O)OC(C)(C)C)[C@H]3O)[C@H]2O)O1. The number of carbonyl (C=O) groups is 4. The highest BCUT2D eigenvalue weighted by atomic mass is 16.7. The number of amides is 4. The molecule has 0 aromatic carbocycles. The van der Waals surface area contributed by atoms with Crippen LogP contribution in [0.5, 0.6) is 0 Å². The second kappa shape index (κ2) is 24.1. The van der Waals surface area contributed by atoms with Gasteiger partial charge in [-0.1, -0.05) is 6.58 Å². The van der Waals surface area contributed by atoms with Crippen LogP contribution in [0.25, 0.3) is 0 Å². The number of hydrogen-bond donors (Lipinski definition) is 9. The first-order valence-corrected chi connectivity index (χ1v) is 24.8. The molecule has 0 aromatic heterocycles. The lowest BCUT2D eigenvalue weighted by molar-refractivity contribution is -0.304. The van der Waals surface area contributed by atoms with Crippen molar-refractivity contribution in [2.75, 3.05) is 46.4 Å². The molecule has 12 atom stereocenters. The molecule has 4 aliphatic rings. The Morgan fingerprint density at radius 3 is 2.04 bits per heavy atom. The molecule has 4 rings (SSSR count). The predicted octanol–water partition coefficient (Wildman–Crippen LogP) is 2.58. The molecule has 0 aromatic rings. The average molecular weight is 1030 g/mol. The molecule has 0 radical (unpaired) electrons. The van der Waals surface area contributed by atoms with E-state index in [1.165, 1.54) is 18.9 Å². The van der Waals surface area contributed by atoms with Gasteiger partial charge in [0.15, 0.2) is 6.29 Å². The summed E-state index contributed by atoms with van der Waals surface area (Å²) < 4.78 is 41.7. The summed E-state index contributed by atoms with van der Waals surface area (Å²) in [6, 6.07) is -4.55. The minimum absolute atomic E-state index is 0.0977. The monoisotopic (exact) mass is 1030 g/mol. The number of amidine groups is 1. The zero-order valence-corrected chi connectivity index (χ0v) is 44.9. The van der Waals surface area contributed by atoms with E-state index in [0.29, 0.717) is 18.8 Å². The zero-order valence-electron chi connectivity index (χ0n) is 44.9. The van der Waals surface area contributed by atoms with Crippen LogP contribution in [0.2, 0.25) is 0 Å². The smallest absolute Gasteiger partial charge is 0.410 e. The fourth-order valence-electron chi connectivity index (χ4n) is 8.98. The predicted molar refractivity (Wildman–Crippen MR) is 265 cm³/mol. The summed E-state index contributed by atoms with van der Waals surface area (Å²) in [5.74, 6) is -1.52. The molecule has 0 bridgehead atoms. The Morgan fingerprint density at radius 2 is 1.49 bits per heavy atom. The van der Waals surface area contributed by atoms with Crippen molar-refractivity contribution in [3.05, 3.63) is 24.6 Å². The number of carbonyl (C=O) groups excluding carboxylic acids is 4. The number of likely N-dealkylation sites (N-methyl/N-ethyl adjacent to an activating group) is 1. The summed E-state index contributed by atoms with van der Waals surface area (Å²) >= 11 is 0. The van der Waals surface area contributed by atoms with Gasteiger partial charge in [-0.3, -0.25) is 4.99 Å². The molecule has 3 heterocycles. The molecule has 412 valence electrons. The van der Waals surface area contributed by atoms with E-state index in [0.717, 1.165) is 11.3 Å². The summed E-state index contributed by atoms with van der Waals surface area (Å²) in [6.45, 7) is 26.8. The number of nitrogens with two attached hydrogens (primary N) is 1. The summed E-state index contributed by atoms with van der Waals surface area (Å²) in [4.78, 5) is 60.7. The quantitative estimate of drug-likeness (QED) is 0.0464. The van der Waals surface area contributed by atoms with E-state index in [-0.39, 0.29) is 38.3 Å². The number of likely N-dealkylation sites (tertiary alicyclic amines) is 1. The van der Waals surface area contributed by atoms with Crippen molar-refractivity contribution in [3.8, 4) is 0 Å². The van der Waals surface area contributed by atoms with Gasteiger partial charge in [-0.05, 0) is 128 Å². The van der Waals surface area contributed by atoms with Crippen LogP contribution < -0.4 is 27.0 Å². The molecule has 3 aliphatic heterocycles. The van der Waals surface area contributed by atoms with Crippen LogP contribution in [0.4, 0.5) is 19.2 Å². The third-order valence-electron chi connectivity index (χ3n) is 12.1. The highest BCUT2D eigenvalue weighted by Crippen LogP contribution is 2.40. The molecule has 4 amide bonds. The molecule has 1 aliphatic carbocycles. The van der Waals surface area contributed by atoms with Crippen LogP contribution in [-0.2, 0) is 33.2 Å². The Labute approximate surface area is 424 Å². The van der Waals surface area contributed by atoms with Crippen LogP contribution in [0.3, 0.4) is 0 Å². The van der Waals surface area contributed by atoms with E-state index in [1.807, 2.05) is 6.08 Å². The molecule has 23 nitrogen and oxygen atoms in total. The van der Waals surface area contributed by atoms with Crippen LogP contribution in [0.15, 0.2) is 29.6 Å². The van der Waals surface area contributed by atoms with Crippen molar-refractivity contribution in [3.63, 3.8) is 0 Å². The molecule has 23 heteroatoms. The van der Waals surface area contributed by atoms with E-state index < -0.39 is 132 Å². The number of nitrogens with zero attached hydrogens (tertiary/aromatic N) is 3. The van der Waals surface area contributed by atoms with Crippen molar-refractivity contribution in [2.24, 2.45) is 22.6 Å². The van der Waals surface area contributed by atoms with Gasteiger partial charge in [0, 0.05) is 44.6 Å². The number of hydrogen-bond acceptors (Lipinski definition) is 18. The number of nitrogens with one attached hydrogen (secondary N) is 4. The Balaban J connectivity index is 1.82. The molecule has 0 spiro atoms. The average Bonchev–Trinajstić information content (AvgIpc) is 3.18. The lowest BCUT2D eigenvalue weighted by Gasteiger charge is -2.51. The van der Waals surface area contributed by atoms with Crippen LogP contribution >= 0.6 is 0 Å². The standard InChI is InChI=1S/C49H86N8O15/c1-16-51-20-17-21-52-23-28-18-19-29(54-41(61)69-45(2,3)4)36(67-28)32-30(55-42(62)70-46(5,6)7)22-31(53-39(50)33(58)27-24-57(25-27)44(64)72-48(11,12)13)37(34(32)59)68-40-35(60)38(49(14,65)26-66-40)56(15)43(63)71-47(8,9)10/h16,18,27,29-38,40,51-52,58-60,65H,1,17,19-26H2,2-15H3,(H2,50,53)(H,54,61)(H,55,62)/t29-,30+,31-,32?,33?,34+,35-,36+,37+,38-,40-,49+/m1/s1. The first kappa shape index (κ1) is 59.9. The van der Waals surface area contributed by atoms with Gasteiger partial charge in [0.05, 0.1) is 37.4 Å². The Bertz CT molecular complexity index is 1920. The fourth-order valence-corrected chi connectivity index (χ4v) is 8.98. The maximum atomic E-state index is 13.8. The topological polar surface area (TPSA) is 307 Å². The molecule has 2 saturated heterocycles. The van der Waals surface area contributed by atoms with Crippen LogP contribution in [-0.4, -0.2) is 196 Å². The first-order chi connectivity index (χ1) is 33.1. The number of aliphatic imine (C=N–C) groups is 1. The highest BCUT2D eigenvalue weighted by molar-refractivity contribution is 5.85. The molecule has 72 heavy (non-hydrogen) atoms. The molecular formula is C49H86N8O15. The Hall–Kier alpha value is -4.65. The van der Waals surface area contributed by atoms with Gasteiger partial charge in [-0.15, -0.1) is 0 Å². The number of aliphatic hydroxyl groups excluding tert-OH is 3. The summed E-state index contributed by atoms with van der Waals surface area (Å²) in [7, 11) is 1.35. The van der Waals surface area contributed by atoms with Crippen LogP contribution in [0, 0.1) is 11.8 Å². The second-order valence-electron chi connectivity index (χ2n) is 23.4. The number of alkyl carbamates (subject to hydrolysis) is 2. The lowest BCUT2D eigenvalue weighted by Crippen LogP contribution is -2.69. The molecule has 1 saturated carbocycles. The van der Waals surface area contributed by atoms with Crippen molar-refractivity contribution < 1.29 is 72.8 Å². The largest absolute Gasteiger partial charge is 0.491 e. The highest BCUT2D eigenvalue weighted by Gasteiger charge is 2.57. The Kier molecular flexibility index (Phi) is 20.1. The summed E-state index contributed by atoms with van der Waals surface area (Å²) in [5, 5.41) is 60.5. The first-order valence-electron chi connectivity index (χ1n) is 24.8. The van der Waals surface area contributed by atoms with E-state index in [1.54, 1.807) is 89.3 Å². The van der Waals surface area contributed by atoms with Gasteiger partial charge in [-0.2, -0.15) is 0 Å². The van der Waals surface area contributed by atoms with E-state index in [9.17, 15) is 39.6 Å². The van der Waals surface area contributed by atoms with Crippen LogP contribution in [0.1, 0.15) is 109 Å². The minimum atomic E-state index is -1.83.